The van der Waals surface area contributed by atoms with E-state index < -0.39 is 5.92 Å². The molecule has 0 aliphatic heterocycles. The van der Waals surface area contributed by atoms with Crippen LogP contribution >= 0.6 is 0 Å². The molecule has 4 nitrogen and oxygen atoms in total. The molecule has 1 aromatic heterocycles. The van der Waals surface area contributed by atoms with Gasteiger partial charge >= 0.3 is 0 Å². The molecule has 18 heavy (non-hydrogen) atoms. The molecule has 0 radical (unpaired) electrons. The van der Waals surface area contributed by atoms with Crippen LogP contribution < -0.4 is 5.32 Å². The van der Waals surface area contributed by atoms with Crippen LogP contribution in [0.2, 0.25) is 0 Å². The molecule has 0 aromatic carbocycles. The van der Waals surface area contributed by atoms with Crippen molar-refractivity contribution in [2.45, 2.75) is 31.6 Å². The molecule has 0 spiro atoms. The van der Waals surface area contributed by atoms with Crippen LogP contribution in [0.25, 0.3) is 0 Å². The summed E-state index contributed by atoms with van der Waals surface area (Å²) in [5.41, 5.74) is 0.436. The first kappa shape index (κ1) is 12.9. The molecule has 1 amide bonds. The summed E-state index contributed by atoms with van der Waals surface area (Å²) < 4.78 is 25.9. The number of hydrogen-bond donors (Lipinski definition) is 1. The fraction of sp³-hybridized carbons (Fsp3) is 0.583. The van der Waals surface area contributed by atoms with Gasteiger partial charge in [0.2, 0.25) is 5.92 Å². The third-order valence-corrected chi connectivity index (χ3v) is 3.23. The molecule has 1 saturated carbocycles. The highest BCUT2D eigenvalue weighted by molar-refractivity contribution is 5.93. The summed E-state index contributed by atoms with van der Waals surface area (Å²) in [6.07, 6.45) is 3.58. The van der Waals surface area contributed by atoms with E-state index >= 15 is 0 Å². The molecule has 1 aliphatic carbocycles. The van der Waals surface area contributed by atoms with Gasteiger partial charge in [-0.3, -0.25) is 4.79 Å². The van der Waals surface area contributed by atoms with E-state index in [1.165, 1.54) is 12.4 Å². The molecule has 1 aliphatic rings. The number of alkyl halides is 2. The molecule has 6 heteroatoms. The number of rotatable bonds is 3. The van der Waals surface area contributed by atoms with Gasteiger partial charge in [-0.2, -0.15) is 10.2 Å². The van der Waals surface area contributed by atoms with Crippen LogP contribution in [0.3, 0.4) is 0 Å². The van der Waals surface area contributed by atoms with E-state index in [1.807, 2.05) is 0 Å². The summed E-state index contributed by atoms with van der Waals surface area (Å²) in [6, 6.07) is 1.57. The minimum absolute atomic E-state index is 0.0790. The number of nitrogens with one attached hydrogen (secondary N) is 1. The predicted molar refractivity (Wildman–Crippen MR) is 61.3 cm³/mol. The summed E-state index contributed by atoms with van der Waals surface area (Å²) in [6.45, 7) is 0.442. The van der Waals surface area contributed by atoms with Crippen molar-refractivity contribution in [2.24, 2.45) is 5.92 Å². The molecular weight excluding hydrogens is 240 g/mol. The van der Waals surface area contributed by atoms with Gasteiger partial charge in [0.25, 0.3) is 5.91 Å². The van der Waals surface area contributed by atoms with Crippen molar-refractivity contribution >= 4 is 5.91 Å². The van der Waals surface area contributed by atoms with Crippen molar-refractivity contribution < 1.29 is 13.6 Å². The third kappa shape index (κ3) is 3.45. The quantitative estimate of drug-likeness (QED) is 0.899. The summed E-state index contributed by atoms with van der Waals surface area (Å²) in [4.78, 5) is 11.7. The second kappa shape index (κ2) is 5.37. The Hall–Kier alpha value is -1.59. The van der Waals surface area contributed by atoms with Crippen LogP contribution in [-0.4, -0.2) is 28.6 Å². The van der Waals surface area contributed by atoms with Gasteiger partial charge in [0.05, 0.1) is 18.0 Å². The Morgan fingerprint density at radius 2 is 2.11 bits per heavy atom. The van der Waals surface area contributed by atoms with Crippen molar-refractivity contribution in [3.8, 4) is 0 Å². The molecule has 1 heterocycles. The van der Waals surface area contributed by atoms with E-state index in [2.05, 4.69) is 15.5 Å². The predicted octanol–water partition coefficient (Wildman–Crippen LogP) is 2.03. The lowest BCUT2D eigenvalue weighted by Crippen LogP contribution is -2.33. The van der Waals surface area contributed by atoms with Crippen LogP contribution in [-0.2, 0) is 0 Å². The smallest absolute Gasteiger partial charge is 0.252 e. The first-order valence-corrected chi connectivity index (χ1v) is 5.99. The zero-order valence-corrected chi connectivity index (χ0v) is 9.90. The van der Waals surface area contributed by atoms with E-state index in [-0.39, 0.29) is 24.7 Å². The number of amides is 1. The minimum atomic E-state index is -2.52. The zero-order chi connectivity index (χ0) is 13.0. The fourth-order valence-corrected chi connectivity index (χ4v) is 2.07. The number of halogens is 2. The normalized spacial score (nSPS) is 19.4. The average molecular weight is 255 g/mol. The van der Waals surface area contributed by atoms with Gasteiger partial charge in [0.15, 0.2) is 0 Å². The van der Waals surface area contributed by atoms with Crippen LogP contribution in [0.5, 0.6) is 0 Å². The van der Waals surface area contributed by atoms with Gasteiger partial charge in [-0.05, 0) is 24.8 Å². The molecule has 1 fully saturated rings. The summed E-state index contributed by atoms with van der Waals surface area (Å²) in [7, 11) is 0. The summed E-state index contributed by atoms with van der Waals surface area (Å²) in [5.74, 6) is -2.61. The Bertz CT molecular complexity index is 401. The topological polar surface area (TPSA) is 54.9 Å². The van der Waals surface area contributed by atoms with Crippen LogP contribution in [0.15, 0.2) is 18.5 Å². The SMILES string of the molecule is O=C(NCC1CCC(F)(F)CC1)c1ccnnc1. The zero-order valence-electron chi connectivity index (χ0n) is 9.90. The molecule has 0 unspecified atom stereocenters. The highest BCUT2D eigenvalue weighted by Gasteiger charge is 2.34. The second-order valence-electron chi connectivity index (χ2n) is 4.64. The third-order valence-electron chi connectivity index (χ3n) is 3.23. The molecule has 0 bridgehead atoms. The Morgan fingerprint density at radius 1 is 1.39 bits per heavy atom. The maximum Gasteiger partial charge on any atom is 0.252 e. The Morgan fingerprint density at radius 3 is 2.72 bits per heavy atom. The van der Waals surface area contributed by atoms with Gasteiger partial charge in [-0.15, -0.1) is 0 Å². The molecule has 98 valence electrons. The monoisotopic (exact) mass is 255 g/mol. The van der Waals surface area contributed by atoms with Gasteiger partial charge in [0, 0.05) is 19.4 Å². The molecule has 1 aromatic rings. The van der Waals surface area contributed by atoms with Crippen molar-refractivity contribution in [2.75, 3.05) is 6.54 Å². The van der Waals surface area contributed by atoms with Crippen molar-refractivity contribution in [3.63, 3.8) is 0 Å². The number of nitrogens with zero attached hydrogens (tertiary/aromatic N) is 2. The van der Waals surface area contributed by atoms with Gasteiger partial charge in [-0.25, -0.2) is 8.78 Å². The fourth-order valence-electron chi connectivity index (χ4n) is 2.07. The Balaban J connectivity index is 1.78. The van der Waals surface area contributed by atoms with Crippen molar-refractivity contribution in [1.29, 1.82) is 0 Å². The summed E-state index contributed by atoms with van der Waals surface area (Å²) in [5, 5.41) is 9.93. The van der Waals surface area contributed by atoms with E-state index in [1.54, 1.807) is 6.07 Å². The maximum absolute atomic E-state index is 12.9. The molecule has 2 rings (SSSR count). The van der Waals surface area contributed by atoms with Gasteiger partial charge in [-0.1, -0.05) is 0 Å². The molecule has 0 saturated heterocycles. The van der Waals surface area contributed by atoms with E-state index in [0.29, 0.717) is 24.9 Å². The van der Waals surface area contributed by atoms with E-state index in [9.17, 15) is 13.6 Å². The first-order chi connectivity index (χ1) is 8.57. The maximum atomic E-state index is 12.9. The second-order valence-corrected chi connectivity index (χ2v) is 4.64. The van der Waals surface area contributed by atoms with Crippen LogP contribution in [0.1, 0.15) is 36.0 Å². The van der Waals surface area contributed by atoms with Crippen molar-refractivity contribution in [3.05, 3.63) is 24.0 Å². The van der Waals surface area contributed by atoms with Crippen LogP contribution in [0.4, 0.5) is 8.78 Å². The molecule has 1 N–H and O–H groups in total. The van der Waals surface area contributed by atoms with E-state index in [0.717, 1.165) is 0 Å². The number of hydrogen-bond acceptors (Lipinski definition) is 3. The molecular formula is C12H15F2N3O. The highest BCUT2D eigenvalue weighted by Crippen LogP contribution is 2.35. The van der Waals surface area contributed by atoms with Crippen LogP contribution in [0, 0.1) is 5.92 Å². The average Bonchev–Trinajstić information content (AvgIpc) is 2.38. The van der Waals surface area contributed by atoms with E-state index in [4.69, 9.17) is 0 Å². The lowest BCUT2D eigenvalue weighted by Gasteiger charge is -2.28. The lowest BCUT2D eigenvalue weighted by molar-refractivity contribution is -0.0452. The first-order valence-electron chi connectivity index (χ1n) is 5.99. The number of carbonyl (C=O) groups is 1. The standard InChI is InChI=1S/C12H15F2N3O/c13-12(14)4-1-9(2-5-12)7-15-11(18)10-3-6-16-17-8-10/h3,6,8-9H,1-2,4-5,7H2,(H,15,18). The van der Waals surface area contributed by atoms with Gasteiger partial charge < -0.3 is 5.32 Å². The highest BCUT2D eigenvalue weighted by atomic mass is 19.3. The van der Waals surface area contributed by atoms with Gasteiger partial charge in [0.1, 0.15) is 0 Å². The number of carbonyl (C=O) groups excluding carboxylic acids is 1. The largest absolute Gasteiger partial charge is 0.352 e. The Labute approximate surface area is 104 Å². The summed E-state index contributed by atoms with van der Waals surface area (Å²) >= 11 is 0. The lowest BCUT2D eigenvalue weighted by atomic mass is 9.87. The number of aromatic nitrogens is 2. The molecule has 0 atom stereocenters. The minimum Gasteiger partial charge on any atom is -0.352 e. The van der Waals surface area contributed by atoms with Crippen molar-refractivity contribution in [1.82, 2.24) is 15.5 Å². The Kier molecular flexibility index (Phi) is 3.84.